The number of hydrogen-bond donors (Lipinski definition) is 4. The molecule has 0 fully saturated rings. The number of likely N-dealkylation sites (N-methyl/N-ethyl adjacent to an activating group) is 1. The van der Waals surface area contributed by atoms with Crippen LogP contribution in [-0.2, 0) is 6.42 Å². The lowest BCUT2D eigenvalue weighted by Crippen LogP contribution is -2.43. The van der Waals surface area contributed by atoms with Crippen molar-refractivity contribution in [2.45, 2.75) is 41.5 Å². The van der Waals surface area contributed by atoms with Gasteiger partial charge in [-0.2, -0.15) is 0 Å². The number of hydrogen-bond acceptors (Lipinski definition) is 6. The topological polar surface area (TPSA) is 88.4 Å². The number of nitrogen functional groups attached to an aromatic ring is 1. The normalized spacial score (nSPS) is 15.4. The van der Waals surface area contributed by atoms with Crippen LogP contribution in [0.15, 0.2) is 82.6 Å². The van der Waals surface area contributed by atoms with Crippen molar-refractivity contribution in [3.63, 3.8) is 0 Å². The Morgan fingerprint density at radius 2 is 1.82 bits per heavy atom. The van der Waals surface area contributed by atoms with Crippen molar-refractivity contribution in [1.29, 1.82) is 5.41 Å². The zero-order valence-electron chi connectivity index (χ0n) is 19.9. The number of thiol groups is 1. The first-order valence-electron chi connectivity index (χ1n) is 11.3. The molecule has 7 heteroatoms. The molecular formula is C27H34N4OS2. The fraction of sp³-hybridized carbons (Fsp3) is 0.296. The maximum atomic E-state index is 7.60. The van der Waals surface area contributed by atoms with Gasteiger partial charge in [0, 0.05) is 28.4 Å². The molecule has 180 valence electrons. The Bertz CT molecular complexity index is 1090. The van der Waals surface area contributed by atoms with Crippen molar-refractivity contribution >= 4 is 35.9 Å². The molecule has 0 aromatic heterocycles. The molecule has 4 rings (SSSR count). The zero-order chi connectivity index (χ0) is 24.7. The Kier molecular flexibility index (Phi) is 9.33. The highest BCUT2D eigenvalue weighted by molar-refractivity contribution is 8.00. The van der Waals surface area contributed by atoms with Gasteiger partial charge in [0.2, 0.25) is 0 Å². The van der Waals surface area contributed by atoms with E-state index in [2.05, 4.69) is 50.6 Å². The van der Waals surface area contributed by atoms with E-state index in [0.717, 1.165) is 28.2 Å². The summed E-state index contributed by atoms with van der Waals surface area (Å²) in [6.07, 6.45) is 0.730. The number of nitrogens with one attached hydrogen (secondary N) is 1. The van der Waals surface area contributed by atoms with Crippen molar-refractivity contribution in [2.75, 3.05) is 18.6 Å². The van der Waals surface area contributed by atoms with Crippen LogP contribution < -0.4 is 21.1 Å². The number of anilines is 1. The Labute approximate surface area is 212 Å². The monoisotopic (exact) mass is 494 g/mol. The molecule has 1 heterocycles. The standard InChI is InChI=1S/C21H28N4OS.C6H6S/c1-13(2)12-26-16-7-8-18-19(11-16)27-21(25(18)3)17(22)10-14-5-4-6-15(9-14)20(23)24;7-6-4-2-1-3-5-6/h4-9,11,13,17,21H,10,12,22H2,1-3H3,(H3,23,24);1-5,7H. The number of thioether (sulfide) groups is 1. The third-order valence-corrected chi connectivity index (χ3v) is 7.14. The van der Waals surface area contributed by atoms with E-state index in [0.29, 0.717) is 12.5 Å². The Morgan fingerprint density at radius 1 is 1.09 bits per heavy atom. The quantitative estimate of drug-likeness (QED) is 0.200. The molecule has 1 aliphatic rings. The van der Waals surface area contributed by atoms with E-state index < -0.39 is 0 Å². The van der Waals surface area contributed by atoms with Crippen LogP contribution in [-0.4, -0.2) is 30.9 Å². The number of nitrogens with zero attached hydrogens (tertiary/aromatic N) is 1. The van der Waals surface area contributed by atoms with Gasteiger partial charge in [-0.15, -0.1) is 12.6 Å². The average Bonchev–Trinajstić information content (AvgIpc) is 3.14. The van der Waals surface area contributed by atoms with E-state index in [9.17, 15) is 0 Å². The predicted octanol–water partition coefficient (Wildman–Crippen LogP) is 5.42. The molecule has 3 aromatic carbocycles. The molecule has 0 radical (unpaired) electrons. The van der Waals surface area contributed by atoms with E-state index in [1.165, 1.54) is 10.6 Å². The molecule has 34 heavy (non-hydrogen) atoms. The van der Waals surface area contributed by atoms with Crippen LogP contribution in [0.1, 0.15) is 25.0 Å². The minimum absolute atomic E-state index is 0.0466. The van der Waals surface area contributed by atoms with Gasteiger partial charge < -0.3 is 21.1 Å². The summed E-state index contributed by atoms with van der Waals surface area (Å²) in [7, 11) is 2.09. The number of ether oxygens (including phenoxy) is 1. The highest BCUT2D eigenvalue weighted by atomic mass is 32.2. The lowest BCUT2D eigenvalue weighted by molar-refractivity contribution is 0.270. The highest BCUT2D eigenvalue weighted by Gasteiger charge is 2.32. The van der Waals surface area contributed by atoms with E-state index in [4.69, 9.17) is 21.6 Å². The fourth-order valence-corrected chi connectivity index (χ4v) is 5.11. The van der Waals surface area contributed by atoms with Gasteiger partial charge in [-0.25, -0.2) is 0 Å². The molecule has 2 atom stereocenters. The second kappa shape index (κ2) is 12.2. The zero-order valence-corrected chi connectivity index (χ0v) is 21.7. The van der Waals surface area contributed by atoms with Crippen LogP contribution in [0.5, 0.6) is 5.75 Å². The Hall–Kier alpha value is -2.61. The van der Waals surface area contributed by atoms with Gasteiger partial charge in [0.05, 0.1) is 17.7 Å². The Balaban J connectivity index is 0.000000396. The van der Waals surface area contributed by atoms with Gasteiger partial charge >= 0.3 is 0 Å². The van der Waals surface area contributed by atoms with Crippen molar-refractivity contribution < 1.29 is 4.74 Å². The summed E-state index contributed by atoms with van der Waals surface area (Å²) < 4.78 is 5.86. The molecule has 0 aliphatic carbocycles. The first kappa shape index (κ1) is 26.0. The minimum Gasteiger partial charge on any atom is -0.493 e. The average molecular weight is 495 g/mol. The van der Waals surface area contributed by atoms with E-state index in [-0.39, 0.29) is 17.3 Å². The SMILES string of the molecule is CC(C)COc1ccc2c(c1)SC(C(N)Cc1cccc(C(=N)N)c1)N2C.Sc1ccccc1. The first-order valence-corrected chi connectivity index (χ1v) is 12.7. The number of fused-ring (bicyclic) bond motifs is 1. The number of nitrogens with two attached hydrogens (primary N) is 2. The number of benzene rings is 3. The third kappa shape index (κ3) is 7.19. The summed E-state index contributed by atoms with van der Waals surface area (Å²) in [6.45, 7) is 5.01. The lowest BCUT2D eigenvalue weighted by atomic mass is 10.0. The van der Waals surface area contributed by atoms with Crippen LogP contribution in [0, 0.1) is 11.3 Å². The van der Waals surface area contributed by atoms with Crippen LogP contribution in [0.3, 0.4) is 0 Å². The summed E-state index contributed by atoms with van der Waals surface area (Å²) in [4.78, 5) is 4.46. The molecule has 0 saturated carbocycles. The maximum absolute atomic E-state index is 7.60. The number of amidine groups is 1. The van der Waals surface area contributed by atoms with Crippen LogP contribution in [0.2, 0.25) is 0 Å². The van der Waals surface area contributed by atoms with Gasteiger partial charge in [0.25, 0.3) is 0 Å². The van der Waals surface area contributed by atoms with Gasteiger partial charge in [-0.1, -0.05) is 62.0 Å². The summed E-state index contributed by atoms with van der Waals surface area (Å²) in [5.74, 6) is 1.49. The van der Waals surface area contributed by atoms with Crippen molar-refractivity contribution in [2.24, 2.45) is 17.4 Å². The third-order valence-electron chi connectivity index (χ3n) is 5.36. The maximum Gasteiger partial charge on any atom is 0.122 e. The summed E-state index contributed by atoms with van der Waals surface area (Å²) in [5, 5.41) is 7.76. The van der Waals surface area contributed by atoms with E-state index >= 15 is 0 Å². The largest absolute Gasteiger partial charge is 0.493 e. The molecule has 0 bridgehead atoms. The molecule has 1 aliphatic heterocycles. The van der Waals surface area contributed by atoms with Gasteiger partial charge in [-0.05, 0) is 54.3 Å². The Morgan fingerprint density at radius 3 is 2.44 bits per heavy atom. The lowest BCUT2D eigenvalue weighted by Gasteiger charge is -2.27. The molecule has 5 nitrogen and oxygen atoms in total. The summed E-state index contributed by atoms with van der Waals surface area (Å²) >= 11 is 5.87. The molecule has 2 unspecified atom stereocenters. The minimum atomic E-state index is -0.0466. The molecule has 3 aromatic rings. The first-order chi connectivity index (χ1) is 16.2. The number of rotatable bonds is 7. The van der Waals surface area contributed by atoms with Crippen LogP contribution in [0.4, 0.5) is 5.69 Å². The predicted molar refractivity (Wildman–Crippen MR) is 148 cm³/mol. The van der Waals surface area contributed by atoms with Gasteiger partial charge in [-0.3, -0.25) is 5.41 Å². The molecular weight excluding hydrogens is 460 g/mol. The van der Waals surface area contributed by atoms with Crippen LogP contribution >= 0.6 is 24.4 Å². The van der Waals surface area contributed by atoms with Crippen LogP contribution in [0.25, 0.3) is 0 Å². The fourth-order valence-electron chi connectivity index (χ4n) is 3.62. The van der Waals surface area contributed by atoms with Crippen molar-refractivity contribution in [3.05, 3.63) is 83.9 Å². The second-order valence-electron chi connectivity index (χ2n) is 8.77. The van der Waals surface area contributed by atoms with Gasteiger partial charge in [0.1, 0.15) is 11.6 Å². The highest BCUT2D eigenvalue weighted by Crippen LogP contribution is 2.45. The van der Waals surface area contributed by atoms with E-state index in [1.807, 2.05) is 60.7 Å². The van der Waals surface area contributed by atoms with Crippen molar-refractivity contribution in [3.8, 4) is 5.75 Å². The second-order valence-corrected chi connectivity index (χ2v) is 10.4. The summed E-state index contributed by atoms with van der Waals surface area (Å²) in [6, 6.07) is 23.8. The van der Waals surface area contributed by atoms with Gasteiger partial charge in [0.15, 0.2) is 0 Å². The molecule has 5 N–H and O–H groups in total. The molecule has 0 saturated heterocycles. The summed E-state index contributed by atoms with van der Waals surface area (Å²) in [5.41, 5.74) is 15.2. The van der Waals surface area contributed by atoms with Crippen molar-refractivity contribution in [1.82, 2.24) is 0 Å². The molecule has 0 spiro atoms. The smallest absolute Gasteiger partial charge is 0.122 e. The molecule has 0 amide bonds. The van der Waals surface area contributed by atoms with E-state index in [1.54, 1.807) is 11.8 Å².